The third-order valence-corrected chi connectivity index (χ3v) is 3.10. The van der Waals surface area contributed by atoms with Gasteiger partial charge in [-0.05, 0) is 19.8 Å². The van der Waals surface area contributed by atoms with Gasteiger partial charge in [-0.3, -0.25) is 9.59 Å². The zero-order chi connectivity index (χ0) is 12.0. The largest absolute Gasteiger partial charge is 0.480 e. The molecule has 4 nitrogen and oxygen atoms in total. The Morgan fingerprint density at radius 2 is 1.80 bits per heavy atom. The molecule has 0 aliphatic heterocycles. The van der Waals surface area contributed by atoms with E-state index in [1.54, 1.807) is 13.8 Å². The fraction of sp³-hybridized carbons (Fsp3) is 0.800. The van der Waals surface area contributed by atoms with Crippen LogP contribution in [-0.2, 0) is 14.3 Å². The van der Waals surface area contributed by atoms with Gasteiger partial charge in [-0.25, -0.2) is 0 Å². The first-order valence-corrected chi connectivity index (χ1v) is 5.93. The Bertz CT molecular complexity index is 225. The van der Waals surface area contributed by atoms with Gasteiger partial charge < -0.3 is 9.84 Å². The normalized spacial score (nSPS) is 12.9. The number of carboxylic acids is 1. The Kier molecular flexibility index (Phi) is 6.40. The van der Waals surface area contributed by atoms with Crippen molar-refractivity contribution in [3.63, 3.8) is 0 Å². The molecule has 0 aromatic heterocycles. The lowest BCUT2D eigenvalue weighted by molar-refractivity contribution is -0.144. The van der Waals surface area contributed by atoms with E-state index < -0.39 is 11.2 Å². The third-order valence-electron chi connectivity index (χ3n) is 1.60. The molecule has 0 spiro atoms. The van der Waals surface area contributed by atoms with Gasteiger partial charge >= 0.3 is 11.9 Å². The molecule has 0 aromatic carbocycles. The molecule has 15 heavy (non-hydrogen) atoms. The lowest BCUT2D eigenvalue weighted by atomic mass is 10.1. The molecule has 0 bridgehead atoms. The van der Waals surface area contributed by atoms with Gasteiger partial charge in [-0.2, -0.15) is 0 Å². The zero-order valence-electron chi connectivity index (χ0n) is 9.52. The van der Waals surface area contributed by atoms with Crippen LogP contribution in [0.15, 0.2) is 0 Å². The van der Waals surface area contributed by atoms with Crippen LogP contribution in [0.4, 0.5) is 0 Å². The van der Waals surface area contributed by atoms with Crippen LogP contribution in [0.5, 0.6) is 0 Å². The first-order chi connectivity index (χ1) is 6.84. The molecule has 0 aliphatic rings. The highest BCUT2D eigenvalue weighted by atomic mass is 32.2. The molecule has 0 heterocycles. The SMILES string of the molecule is CC(C)OC(=O)CSC(C(=O)O)C(C)C. The first-order valence-electron chi connectivity index (χ1n) is 4.88. The van der Waals surface area contributed by atoms with Gasteiger partial charge in [0.25, 0.3) is 0 Å². The van der Waals surface area contributed by atoms with Crippen LogP contribution >= 0.6 is 11.8 Å². The molecule has 0 saturated heterocycles. The Morgan fingerprint density at radius 1 is 1.27 bits per heavy atom. The van der Waals surface area contributed by atoms with E-state index in [-0.39, 0.29) is 23.7 Å². The molecule has 1 atom stereocenters. The summed E-state index contributed by atoms with van der Waals surface area (Å²) in [5.41, 5.74) is 0. The van der Waals surface area contributed by atoms with Crippen molar-refractivity contribution in [3.05, 3.63) is 0 Å². The van der Waals surface area contributed by atoms with Crippen molar-refractivity contribution >= 4 is 23.7 Å². The Morgan fingerprint density at radius 3 is 2.13 bits per heavy atom. The number of ether oxygens (including phenoxy) is 1. The van der Waals surface area contributed by atoms with Crippen LogP contribution in [0.2, 0.25) is 0 Å². The van der Waals surface area contributed by atoms with Gasteiger partial charge in [-0.15, -0.1) is 11.8 Å². The van der Waals surface area contributed by atoms with Gasteiger partial charge in [0.05, 0.1) is 11.9 Å². The van der Waals surface area contributed by atoms with Crippen molar-refractivity contribution in [2.75, 3.05) is 5.75 Å². The predicted molar refractivity (Wildman–Crippen MR) is 59.9 cm³/mol. The van der Waals surface area contributed by atoms with Crippen molar-refractivity contribution in [2.24, 2.45) is 5.92 Å². The number of carbonyl (C=O) groups is 2. The lowest BCUT2D eigenvalue weighted by Gasteiger charge is -2.15. The molecule has 1 unspecified atom stereocenters. The second kappa shape index (κ2) is 6.71. The highest BCUT2D eigenvalue weighted by Crippen LogP contribution is 2.19. The van der Waals surface area contributed by atoms with Gasteiger partial charge in [0.1, 0.15) is 5.25 Å². The summed E-state index contributed by atoms with van der Waals surface area (Å²) in [7, 11) is 0. The molecular weight excluding hydrogens is 216 g/mol. The minimum absolute atomic E-state index is 0.000602. The number of hydrogen-bond acceptors (Lipinski definition) is 4. The highest BCUT2D eigenvalue weighted by molar-refractivity contribution is 8.01. The molecule has 5 heteroatoms. The smallest absolute Gasteiger partial charge is 0.316 e. The fourth-order valence-electron chi connectivity index (χ4n) is 1.00. The van der Waals surface area contributed by atoms with E-state index in [1.165, 1.54) is 0 Å². The average Bonchev–Trinajstić information content (AvgIpc) is 2.00. The summed E-state index contributed by atoms with van der Waals surface area (Å²) < 4.78 is 4.91. The number of rotatable bonds is 6. The molecule has 88 valence electrons. The predicted octanol–water partition coefficient (Wildman–Crippen LogP) is 1.78. The quantitative estimate of drug-likeness (QED) is 0.710. The van der Waals surface area contributed by atoms with Crippen LogP contribution < -0.4 is 0 Å². The molecule has 0 radical (unpaired) electrons. The number of aliphatic carboxylic acids is 1. The number of carboxylic acid groups (broad SMARTS) is 1. The molecule has 0 aliphatic carbocycles. The van der Waals surface area contributed by atoms with E-state index in [9.17, 15) is 9.59 Å². The van der Waals surface area contributed by atoms with Crippen LogP contribution in [0.25, 0.3) is 0 Å². The maximum absolute atomic E-state index is 11.2. The van der Waals surface area contributed by atoms with E-state index in [1.807, 2.05) is 13.8 Å². The minimum atomic E-state index is -0.882. The van der Waals surface area contributed by atoms with Crippen molar-refractivity contribution in [1.82, 2.24) is 0 Å². The maximum atomic E-state index is 11.2. The Hall–Kier alpha value is -0.710. The van der Waals surface area contributed by atoms with Crippen molar-refractivity contribution in [2.45, 2.75) is 39.0 Å². The summed E-state index contributed by atoms with van der Waals surface area (Å²) in [5.74, 6) is -1.15. The fourth-order valence-corrected chi connectivity index (χ4v) is 1.91. The second-order valence-corrected chi connectivity index (χ2v) is 4.98. The molecule has 0 aromatic rings. The van der Waals surface area contributed by atoms with Crippen LogP contribution in [0, 0.1) is 5.92 Å². The summed E-state index contributed by atoms with van der Waals surface area (Å²) in [5, 5.41) is 8.31. The highest BCUT2D eigenvalue weighted by Gasteiger charge is 2.23. The molecule has 0 fully saturated rings. The zero-order valence-corrected chi connectivity index (χ0v) is 10.3. The van der Waals surface area contributed by atoms with Crippen LogP contribution in [0.1, 0.15) is 27.7 Å². The number of esters is 1. The van der Waals surface area contributed by atoms with E-state index >= 15 is 0 Å². The molecule has 0 saturated carbocycles. The van der Waals surface area contributed by atoms with Gasteiger partial charge in [0.2, 0.25) is 0 Å². The Balaban J connectivity index is 4.00. The topological polar surface area (TPSA) is 63.6 Å². The molecular formula is C10H18O4S. The number of hydrogen-bond donors (Lipinski definition) is 1. The van der Waals surface area contributed by atoms with Crippen LogP contribution in [-0.4, -0.2) is 34.2 Å². The lowest BCUT2D eigenvalue weighted by Crippen LogP contribution is -2.25. The average molecular weight is 234 g/mol. The van der Waals surface area contributed by atoms with Crippen molar-refractivity contribution in [1.29, 1.82) is 0 Å². The molecule has 0 amide bonds. The Labute approximate surface area is 94.4 Å². The van der Waals surface area contributed by atoms with E-state index in [4.69, 9.17) is 9.84 Å². The van der Waals surface area contributed by atoms with Gasteiger partial charge in [0.15, 0.2) is 0 Å². The van der Waals surface area contributed by atoms with E-state index in [2.05, 4.69) is 0 Å². The van der Waals surface area contributed by atoms with Gasteiger partial charge in [0, 0.05) is 0 Å². The van der Waals surface area contributed by atoms with Crippen LogP contribution in [0.3, 0.4) is 0 Å². The van der Waals surface area contributed by atoms with Gasteiger partial charge in [-0.1, -0.05) is 13.8 Å². The molecule has 0 rings (SSSR count). The number of thioether (sulfide) groups is 1. The first kappa shape index (κ1) is 14.3. The summed E-state index contributed by atoms with van der Waals surface area (Å²) in [6.07, 6.45) is -0.152. The minimum Gasteiger partial charge on any atom is -0.480 e. The third kappa shape index (κ3) is 6.38. The maximum Gasteiger partial charge on any atom is 0.316 e. The summed E-state index contributed by atoms with van der Waals surface area (Å²) in [4.78, 5) is 22.0. The summed E-state index contributed by atoms with van der Waals surface area (Å²) in [6.45, 7) is 7.17. The van der Waals surface area contributed by atoms with E-state index in [0.717, 1.165) is 11.8 Å². The van der Waals surface area contributed by atoms with Crippen molar-refractivity contribution in [3.8, 4) is 0 Å². The van der Waals surface area contributed by atoms with Crippen molar-refractivity contribution < 1.29 is 19.4 Å². The standard InChI is InChI=1S/C10H18O4S/c1-6(2)9(10(12)13)15-5-8(11)14-7(3)4/h6-7,9H,5H2,1-4H3,(H,12,13). The summed E-state index contributed by atoms with van der Waals surface area (Å²) >= 11 is 1.11. The van der Waals surface area contributed by atoms with E-state index in [0.29, 0.717) is 0 Å². The monoisotopic (exact) mass is 234 g/mol. The number of carbonyl (C=O) groups excluding carboxylic acids is 1. The second-order valence-electron chi connectivity index (χ2n) is 3.85. The summed E-state index contributed by atoms with van der Waals surface area (Å²) in [6, 6.07) is 0. The molecule has 1 N–H and O–H groups in total.